The van der Waals surface area contributed by atoms with Crippen molar-refractivity contribution in [3.05, 3.63) is 10.0 Å². The number of aromatic nitrogens is 1. The Kier molecular flexibility index (Phi) is 4.01. The second kappa shape index (κ2) is 5.33. The summed E-state index contributed by atoms with van der Waals surface area (Å²) < 4.78 is 0. The van der Waals surface area contributed by atoms with Gasteiger partial charge < -0.3 is 10.0 Å². The Morgan fingerprint density at radius 1 is 1.59 bits per heavy atom. The normalized spacial score (nSPS) is 19.4. The molecule has 2 heterocycles. The predicted molar refractivity (Wildman–Crippen MR) is 69.1 cm³/mol. The van der Waals surface area contributed by atoms with Gasteiger partial charge in [0.05, 0.1) is 6.10 Å². The van der Waals surface area contributed by atoms with Gasteiger partial charge in [-0.25, -0.2) is 4.98 Å². The molecule has 1 aromatic rings. The average molecular weight is 275 g/mol. The van der Waals surface area contributed by atoms with Crippen LogP contribution in [0.5, 0.6) is 0 Å². The SMILES string of the molecule is CC(O)C1CCN(c2nc(Cl)c(C=O)s2)CC1. The molecule has 1 aliphatic heterocycles. The third-order valence-corrected chi connectivity index (χ3v) is 4.64. The fourth-order valence-corrected chi connectivity index (χ4v) is 3.20. The molecule has 0 saturated carbocycles. The Hall–Kier alpha value is -0.650. The van der Waals surface area contributed by atoms with Crippen LogP contribution < -0.4 is 4.90 Å². The van der Waals surface area contributed by atoms with Crippen LogP contribution in [0, 0.1) is 5.92 Å². The van der Waals surface area contributed by atoms with E-state index < -0.39 is 0 Å². The third-order valence-electron chi connectivity index (χ3n) is 3.20. The number of aliphatic hydroxyl groups is 1. The zero-order valence-electron chi connectivity index (χ0n) is 9.60. The number of nitrogens with zero attached hydrogens (tertiary/aromatic N) is 2. The summed E-state index contributed by atoms with van der Waals surface area (Å²) in [5, 5.41) is 10.6. The Morgan fingerprint density at radius 2 is 2.24 bits per heavy atom. The van der Waals surface area contributed by atoms with E-state index in [0.717, 1.165) is 37.3 Å². The number of hydrogen-bond donors (Lipinski definition) is 1. The smallest absolute Gasteiger partial charge is 0.187 e. The van der Waals surface area contributed by atoms with Gasteiger partial charge in [0.25, 0.3) is 0 Å². The van der Waals surface area contributed by atoms with Crippen molar-refractivity contribution in [3.8, 4) is 0 Å². The molecule has 0 radical (unpaired) electrons. The first-order valence-electron chi connectivity index (χ1n) is 5.66. The lowest BCUT2D eigenvalue weighted by Gasteiger charge is -2.32. The van der Waals surface area contributed by atoms with Crippen molar-refractivity contribution < 1.29 is 9.90 Å². The van der Waals surface area contributed by atoms with E-state index in [2.05, 4.69) is 9.88 Å². The molecule has 1 N–H and O–H groups in total. The molecule has 1 aromatic heterocycles. The molecule has 2 rings (SSSR count). The van der Waals surface area contributed by atoms with Crippen LogP contribution in [0.15, 0.2) is 0 Å². The summed E-state index contributed by atoms with van der Waals surface area (Å²) in [6, 6.07) is 0. The van der Waals surface area contributed by atoms with Gasteiger partial charge in [0, 0.05) is 13.1 Å². The highest BCUT2D eigenvalue weighted by Gasteiger charge is 2.24. The maximum atomic E-state index is 10.7. The van der Waals surface area contributed by atoms with Crippen LogP contribution in [0.1, 0.15) is 29.4 Å². The summed E-state index contributed by atoms with van der Waals surface area (Å²) in [6.45, 7) is 3.56. The van der Waals surface area contributed by atoms with Crippen LogP contribution in [0.3, 0.4) is 0 Å². The highest BCUT2D eigenvalue weighted by molar-refractivity contribution is 7.17. The maximum absolute atomic E-state index is 10.7. The summed E-state index contributed by atoms with van der Waals surface area (Å²) in [6.07, 6.45) is 2.39. The molecule has 1 fully saturated rings. The van der Waals surface area contributed by atoms with Gasteiger partial charge in [0.15, 0.2) is 16.6 Å². The van der Waals surface area contributed by atoms with Crippen LogP contribution in [-0.2, 0) is 0 Å². The molecular formula is C11H15ClN2O2S. The summed E-state index contributed by atoms with van der Waals surface area (Å²) in [7, 11) is 0. The molecule has 0 aromatic carbocycles. The minimum absolute atomic E-state index is 0.248. The van der Waals surface area contributed by atoms with E-state index >= 15 is 0 Å². The van der Waals surface area contributed by atoms with Crippen LogP contribution in [0.25, 0.3) is 0 Å². The van der Waals surface area contributed by atoms with E-state index in [1.54, 1.807) is 0 Å². The Bertz CT molecular complexity index is 400. The molecule has 17 heavy (non-hydrogen) atoms. The van der Waals surface area contributed by atoms with Crippen LogP contribution in [0.2, 0.25) is 5.15 Å². The van der Waals surface area contributed by atoms with Crippen molar-refractivity contribution >= 4 is 34.4 Å². The number of rotatable bonds is 3. The largest absolute Gasteiger partial charge is 0.393 e. The highest BCUT2D eigenvalue weighted by atomic mass is 35.5. The molecule has 0 amide bonds. The van der Waals surface area contributed by atoms with Crippen molar-refractivity contribution in [2.75, 3.05) is 18.0 Å². The van der Waals surface area contributed by atoms with Gasteiger partial charge in [-0.3, -0.25) is 4.79 Å². The molecule has 0 aliphatic carbocycles. The molecule has 1 atom stereocenters. The van der Waals surface area contributed by atoms with Crippen molar-refractivity contribution in [3.63, 3.8) is 0 Å². The van der Waals surface area contributed by atoms with Gasteiger partial charge >= 0.3 is 0 Å². The lowest BCUT2D eigenvalue weighted by Crippen LogP contribution is -2.36. The third kappa shape index (κ3) is 2.78. The first-order chi connectivity index (χ1) is 8.11. The van der Waals surface area contributed by atoms with E-state index in [1.165, 1.54) is 11.3 Å². The zero-order valence-corrected chi connectivity index (χ0v) is 11.2. The van der Waals surface area contributed by atoms with Crippen LogP contribution >= 0.6 is 22.9 Å². The fraction of sp³-hybridized carbons (Fsp3) is 0.636. The number of aliphatic hydroxyl groups excluding tert-OH is 1. The fourth-order valence-electron chi connectivity index (χ4n) is 2.08. The van der Waals surface area contributed by atoms with E-state index in [4.69, 9.17) is 11.6 Å². The Balaban J connectivity index is 2.02. The van der Waals surface area contributed by atoms with Crippen molar-refractivity contribution in [1.82, 2.24) is 4.98 Å². The quantitative estimate of drug-likeness (QED) is 0.859. The van der Waals surface area contributed by atoms with Crippen molar-refractivity contribution in [2.24, 2.45) is 5.92 Å². The van der Waals surface area contributed by atoms with Crippen molar-refractivity contribution in [1.29, 1.82) is 0 Å². The lowest BCUT2D eigenvalue weighted by atomic mass is 9.92. The van der Waals surface area contributed by atoms with Gasteiger partial charge in [-0.05, 0) is 25.7 Å². The van der Waals surface area contributed by atoms with E-state index in [-0.39, 0.29) is 11.3 Å². The molecule has 0 spiro atoms. The standard InChI is InChI=1S/C11H15ClN2O2S/c1-7(16)8-2-4-14(5-3-8)11-13-10(12)9(6-15)17-11/h6-8,16H,2-5H2,1H3. The van der Waals surface area contributed by atoms with Gasteiger partial charge in [0.1, 0.15) is 4.88 Å². The van der Waals surface area contributed by atoms with Gasteiger partial charge in [-0.2, -0.15) is 0 Å². The zero-order chi connectivity index (χ0) is 12.4. The number of piperidine rings is 1. The number of anilines is 1. The molecule has 0 bridgehead atoms. The van der Waals surface area contributed by atoms with E-state index in [0.29, 0.717) is 10.8 Å². The predicted octanol–water partition coefficient (Wildman–Crippen LogP) is 2.21. The summed E-state index contributed by atoms with van der Waals surface area (Å²) in [5.74, 6) is 0.368. The number of aldehydes is 1. The molecule has 1 aliphatic rings. The summed E-state index contributed by atoms with van der Waals surface area (Å²) in [4.78, 5) is 17.5. The number of carbonyl (C=O) groups is 1. The van der Waals surface area contributed by atoms with Crippen LogP contribution in [-0.4, -0.2) is 35.6 Å². The molecule has 1 unspecified atom stereocenters. The van der Waals surface area contributed by atoms with Gasteiger partial charge in [-0.1, -0.05) is 22.9 Å². The van der Waals surface area contributed by atoms with E-state index in [1.807, 2.05) is 6.92 Å². The molecule has 94 valence electrons. The number of thiazole rings is 1. The highest BCUT2D eigenvalue weighted by Crippen LogP contribution is 2.31. The first-order valence-corrected chi connectivity index (χ1v) is 6.85. The minimum atomic E-state index is -0.248. The van der Waals surface area contributed by atoms with Gasteiger partial charge in [0.2, 0.25) is 0 Å². The second-order valence-corrected chi connectivity index (χ2v) is 5.70. The monoisotopic (exact) mass is 274 g/mol. The first kappa shape index (κ1) is 12.8. The minimum Gasteiger partial charge on any atom is -0.393 e. The number of halogens is 1. The number of hydrogen-bond acceptors (Lipinski definition) is 5. The topological polar surface area (TPSA) is 53.4 Å². The molecule has 1 saturated heterocycles. The molecular weight excluding hydrogens is 260 g/mol. The lowest BCUT2D eigenvalue weighted by molar-refractivity contribution is 0.110. The van der Waals surface area contributed by atoms with Gasteiger partial charge in [-0.15, -0.1) is 0 Å². The molecule has 4 nitrogen and oxygen atoms in total. The molecule has 6 heteroatoms. The second-order valence-electron chi connectivity index (χ2n) is 4.33. The maximum Gasteiger partial charge on any atom is 0.187 e. The number of carbonyl (C=O) groups excluding carboxylic acids is 1. The van der Waals surface area contributed by atoms with Crippen molar-refractivity contribution in [2.45, 2.75) is 25.9 Å². The summed E-state index contributed by atoms with van der Waals surface area (Å²) >= 11 is 7.17. The van der Waals surface area contributed by atoms with E-state index in [9.17, 15) is 9.90 Å². The Morgan fingerprint density at radius 3 is 2.71 bits per heavy atom. The Labute approximate surface area is 109 Å². The summed E-state index contributed by atoms with van der Waals surface area (Å²) in [5.41, 5.74) is 0. The van der Waals surface area contributed by atoms with Crippen LogP contribution in [0.4, 0.5) is 5.13 Å². The average Bonchev–Trinajstić information content (AvgIpc) is 2.70.